The summed E-state index contributed by atoms with van der Waals surface area (Å²) in [5, 5.41) is 10.7. The van der Waals surface area contributed by atoms with Gasteiger partial charge in [-0.1, -0.05) is 11.6 Å². The van der Waals surface area contributed by atoms with Gasteiger partial charge in [0.15, 0.2) is 0 Å². The van der Waals surface area contributed by atoms with Crippen LogP contribution in [-0.4, -0.2) is 34.1 Å². The van der Waals surface area contributed by atoms with Gasteiger partial charge in [-0.25, -0.2) is 4.79 Å². The summed E-state index contributed by atoms with van der Waals surface area (Å²) in [5.74, 6) is -0.883. The second-order valence-electron chi connectivity index (χ2n) is 4.68. The van der Waals surface area contributed by atoms with E-state index in [0.29, 0.717) is 17.1 Å². The molecule has 4 nitrogen and oxygen atoms in total. The second kappa shape index (κ2) is 4.00. The summed E-state index contributed by atoms with van der Waals surface area (Å²) < 4.78 is 2.09. The number of carboxylic acid groups (broad SMARTS) is 1. The lowest BCUT2D eigenvalue weighted by Gasteiger charge is -2.25. The van der Waals surface area contributed by atoms with Crippen LogP contribution < -0.4 is 0 Å². The van der Waals surface area contributed by atoms with Gasteiger partial charge in [-0.05, 0) is 25.2 Å². The third-order valence-electron chi connectivity index (χ3n) is 3.47. The molecule has 0 bridgehead atoms. The normalized spacial score (nSPS) is 15.9. The molecule has 0 amide bonds. The van der Waals surface area contributed by atoms with Crippen LogP contribution in [0.25, 0.3) is 10.9 Å². The van der Waals surface area contributed by atoms with Crippen LogP contribution in [-0.2, 0) is 13.1 Å². The first-order chi connectivity index (χ1) is 8.58. The van der Waals surface area contributed by atoms with Gasteiger partial charge in [-0.15, -0.1) is 0 Å². The minimum atomic E-state index is -0.883. The molecule has 2 heterocycles. The molecule has 0 saturated carbocycles. The van der Waals surface area contributed by atoms with Gasteiger partial charge < -0.3 is 9.67 Å². The number of nitrogens with zero attached hydrogens (tertiary/aromatic N) is 2. The first-order valence-corrected chi connectivity index (χ1v) is 6.18. The van der Waals surface area contributed by atoms with Crippen molar-refractivity contribution >= 4 is 28.5 Å². The predicted octanol–water partition coefficient (Wildman–Crippen LogP) is 2.44. The van der Waals surface area contributed by atoms with Gasteiger partial charge in [0, 0.05) is 41.3 Å². The standard InChI is InChI=1S/C13H13ClN2O2/c1-15-4-5-16-10-3-2-8(14)6-9(10)12(13(17)18)11(16)7-15/h2-3,6H,4-5,7H2,1H3,(H,17,18). The van der Waals surface area contributed by atoms with Crippen molar-refractivity contribution in [2.45, 2.75) is 13.1 Å². The number of aromatic nitrogens is 1. The minimum absolute atomic E-state index is 0.388. The van der Waals surface area contributed by atoms with Crippen LogP contribution in [0.1, 0.15) is 16.1 Å². The van der Waals surface area contributed by atoms with Gasteiger partial charge in [-0.2, -0.15) is 0 Å². The average molecular weight is 265 g/mol. The average Bonchev–Trinajstić information content (AvgIpc) is 2.60. The van der Waals surface area contributed by atoms with E-state index >= 15 is 0 Å². The van der Waals surface area contributed by atoms with E-state index < -0.39 is 5.97 Å². The quantitative estimate of drug-likeness (QED) is 0.861. The fourth-order valence-electron chi connectivity index (χ4n) is 2.64. The number of carbonyl (C=O) groups is 1. The van der Waals surface area contributed by atoms with Gasteiger partial charge in [0.2, 0.25) is 0 Å². The summed E-state index contributed by atoms with van der Waals surface area (Å²) in [4.78, 5) is 13.6. The molecule has 1 aromatic heterocycles. The molecule has 0 unspecified atom stereocenters. The Morgan fingerprint density at radius 2 is 2.17 bits per heavy atom. The van der Waals surface area contributed by atoms with E-state index in [4.69, 9.17) is 11.6 Å². The molecule has 5 heteroatoms. The molecule has 0 spiro atoms. The summed E-state index contributed by atoms with van der Waals surface area (Å²) in [6, 6.07) is 5.45. The molecule has 1 aromatic carbocycles. The fraction of sp³-hybridized carbons (Fsp3) is 0.308. The number of hydrogen-bond acceptors (Lipinski definition) is 2. The molecule has 1 aliphatic rings. The van der Waals surface area contributed by atoms with Gasteiger partial charge in [0.25, 0.3) is 0 Å². The number of aromatic carboxylic acids is 1. The van der Waals surface area contributed by atoms with Crippen molar-refractivity contribution in [2.24, 2.45) is 0 Å². The lowest BCUT2D eigenvalue weighted by atomic mass is 10.1. The van der Waals surface area contributed by atoms with Crippen LogP contribution >= 0.6 is 11.6 Å². The highest BCUT2D eigenvalue weighted by atomic mass is 35.5. The number of rotatable bonds is 1. The first kappa shape index (κ1) is 11.6. The van der Waals surface area contributed by atoms with Crippen molar-refractivity contribution < 1.29 is 9.90 Å². The Balaban J connectivity index is 2.37. The number of benzene rings is 1. The summed E-state index contributed by atoms with van der Waals surface area (Å²) in [6.45, 7) is 2.41. The molecule has 3 rings (SSSR count). The van der Waals surface area contributed by atoms with E-state index in [9.17, 15) is 9.90 Å². The van der Waals surface area contributed by atoms with Gasteiger partial charge in [0.1, 0.15) is 0 Å². The lowest BCUT2D eigenvalue weighted by molar-refractivity contribution is 0.0695. The Hall–Kier alpha value is -1.52. The molecule has 1 aliphatic heterocycles. The Labute approximate surface area is 109 Å². The Kier molecular flexibility index (Phi) is 2.57. The van der Waals surface area contributed by atoms with E-state index in [-0.39, 0.29) is 0 Å². The van der Waals surface area contributed by atoms with Crippen molar-refractivity contribution in [2.75, 3.05) is 13.6 Å². The maximum Gasteiger partial charge on any atom is 0.338 e. The fourth-order valence-corrected chi connectivity index (χ4v) is 2.82. The third-order valence-corrected chi connectivity index (χ3v) is 3.71. The predicted molar refractivity (Wildman–Crippen MR) is 70.2 cm³/mol. The largest absolute Gasteiger partial charge is 0.478 e. The molecule has 1 N–H and O–H groups in total. The molecule has 0 atom stereocenters. The number of likely N-dealkylation sites (N-methyl/N-ethyl adjacent to an activating group) is 1. The Bertz CT molecular complexity index is 648. The van der Waals surface area contributed by atoms with Crippen LogP contribution in [0.5, 0.6) is 0 Å². The highest BCUT2D eigenvalue weighted by Crippen LogP contribution is 2.31. The van der Waals surface area contributed by atoms with E-state index in [1.54, 1.807) is 12.1 Å². The zero-order chi connectivity index (χ0) is 12.9. The summed E-state index contributed by atoms with van der Waals surface area (Å²) in [6.07, 6.45) is 0. The molecular formula is C13H13ClN2O2. The zero-order valence-corrected chi connectivity index (χ0v) is 10.7. The van der Waals surface area contributed by atoms with Crippen molar-refractivity contribution in [1.82, 2.24) is 9.47 Å². The summed E-state index contributed by atoms with van der Waals surface area (Å²) in [7, 11) is 2.00. The van der Waals surface area contributed by atoms with E-state index in [0.717, 1.165) is 29.7 Å². The second-order valence-corrected chi connectivity index (χ2v) is 5.11. The van der Waals surface area contributed by atoms with E-state index in [1.165, 1.54) is 0 Å². The smallest absolute Gasteiger partial charge is 0.338 e. The maximum atomic E-state index is 11.5. The molecular weight excluding hydrogens is 252 g/mol. The van der Waals surface area contributed by atoms with Crippen molar-refractivity contribution in [3.8, 4) is 0 Å². The van der Waals surface area contributed by atoms with E-state index in [1.807, 2.05) is 13.1 Å². The number of halogens is 1. The summed E-state index contributed by atoms with van der Waals surface area (Å²) >= 11 is 5.97. The van der Waals surface area contributed by atoms with Crippen LogP contribution in [0.3, 0.4) is 0 Å². The molecule has 0 aliphatic carbocycles. The summed E-state index contributed by atoms with van der Waals surface area (Å²) in [5.41, 5.74) is 2.22. The molecule has 0 fully saturated rings. The minimum Gasteiger partial charge on any atom is -0.478 e. The number of hydrogen-bond donors (Lipinski definition) is 1. The third kappa shape index (κ3) is 1.61. The van der Waals surface area contributed by atoms with Crippen molar-refractivity contribution in [3.63, 3.8) is 0 Å². The van der Waals surface area contributed by atoms with Crippen LogP contribution in [0.4, 0.5) is 0 Å². The number of carboxylic acids is 1. The SMILES string of the molecule is CN1CCn2c(c(C(=O)O)c3cc(Cl)ccc32)C1. The lowest BCUT2D eigenvalue weighted by Crippen LogP contribution is -2.30. The number of fused-ring (bicyclic) bond motifs is 3. The monoisotopic (exact) mass is 264 g/mol. The molecule has 18 heavy (non-hydrogen) atoms. The molecule has 2 aromatic rings. The van der Waals surface area contributed by atoms with Crippen molar-refractivity contribution in [3.05, 3.63) is 34.5 Å². The van der Waals surface area contributed by atoms with Crippen LogP contribution in [0, 0.1) is 0 Å². The van der Waals surface area contributed by atoms with Gasteiger partial charge in [-0.3, -0.25) is 4.90 Å². The van der Waals surface area contributed by atoms with Crippen LogP contribution in [0.2, 0.25) is 5.02 Å². The first-order valence-electron chi connectivity index (χ1n) is 5.80. The highest BCUT2D eigenvalue weighted by molar-refractivity contribution is 6.31. The molecule has 0 radical (unpaired) electrons. The molecule has 0 saturated heterocycles. The highest BCUT2D eigenvalue weighted by Gasteiger charge is 2.25. The Morgan fingerprint density at radius 1 is 1.39 bits per heavy atom. The molecule has 94 valence electrons. The maximum absolute atomic E-state index is 11.5. The zero-order valence-electron chi connectivity index (χ0n) is 9.98. The van der Waals surface area contributed by atoms with Gasteiger partial charge in [0.05, 0.1) is 5.56 Å². The van der Waals surface area contributed by atoms with E-state index in [2.05, 4.69) is 9.47 Å². The Morgan fingerprint density at radius 3 is 2.89 bits per heavy atom. The van der Waals surface area contributed by atoms with Gasteiger partial charge >= 0.3 is 5.97 Å². The van der Waals surface area contributed by atoms with Crippen LogP contribution in [0.15, 0.2) is 18.2 Å². The van der Waals surface area contributed by atoms with Crippen molar-refractivity contribution in [1.29, 1.82) is 0 Å². The topological polar surface area (TPSA) is 45.5 Å².